The number of rotatable bonds is 7. The number of hydrogen-bond donors (Lipinski definition) is 2. The van der Waals surface area contributed by atoms with Crippen LogP contribution in [0.4, 0.5) is 0 Å². The lowest BCUT2D eigenvalue weighted by Crippen LogP contribution is -2.49. The van der Waals surface area contributed by atoms with Gasteiger partial charge >= 0.3 is 0 Å². The van der Waals surface area contributed by atoms with Crippen molar-refractivity contribution in [1.29, 1.82) is 0 Å². The van der Waals surface area contributed by atoms with Gasteiger partial charge < -0.3 is 16.0 Å². The highest BCUT2D eigenvalue weighted by atomic mass is 16.2. The third-order valence-corrected chi connectivity index (χ3v) is 3.85. The number of nitrogens with zero attached hydrogens (tertiary/aromatic N) is 1. The van der Waals surface area contributed by atoms with Crippen LogP contribution >= 0.6 is 0 Å². The number of nitrogens with two attached hydrogens (primary N) is 1. The van der Waals surface area contributed by atoms with Gasteiger partial charge in [-0.1, -0.05) is 26.7 Å². The Kier molecular flexibility index (Phi) is 7.59. The maximum atomic E-state index is 12.6. The first-order chi connectivity index (χ1) is 9.60. The summed E-state index contributed by atoms with van der Waals surface area (Å²) in [6.45, 7) is 5.48. The lowest BCUT2D eigenvalue weighted by molar-refractivity contribution is -0.140. The normalized spacial score (nSPS) is 22.4. The Morgan fingerprint density at radius 3 is 2.50 bits per heavy atom. The van der Waals surface area contributed by atoms with Crippen molar-refractivity contribution in [2.24, 2.45) is 11.7 Å². The summed E-state index contributed by atoms with van der Waals surface area (Å²) in [6, 6.07) is -0.0469. The van der Waals surface area contributed by atoms with Gasteiger partial charge in [0.15, 0.2) is 0 Å². The highest BCUT2D eigenvalue weighted by Gasteiger charge is 2.31. The summed E-state index contributed by atoms with van der Waals surface area (Å²) in [5.74, 6) is -0.113. The highest BCUT2D eigenvalue weighted by Crippen LogP contribution is 2.24. The lowest BCUT2D eigenvalue weighted by atomic mass is 9.84. The monoisotopic (exact) mass is 283 g/mol. The van der Waals surface area contributed by atoms with Crippen molar-refractivity contribution in [3.63, 3.8) is 0 Å². The van der Waals surface area contributed by atoms with Crippen LogP contribution in [0.2, 0.25) is 0 Å². The first-order valence-corrected chi connectivity index (χ1v) is 7.91. The number of carbonyl (C=O) groups is 2. The Morgan fingerprint density at radius 1 is 1.20 bits per heavy atom. The maximum absolute atomic E-state index is 12.6. The second-order valence-electron chi connectivity index (χ2n) is 5.66. The molecule has 2 atom stereocenters. The average molecular weight is 283 g/mol. The SMILES string of the molecule is CCCNC(=O)CN(CCC)C(=O)C1CCCCC1N. The summed E-state index contributed by atoms with van der Waals surface area (Å²) in [4.78, 5) is 26.1. The van der Waals surface area contributed by atoms with Gasteiger partial charge in [-0.2, -0.15) is 0 Å². The molecule has 0 aromatic heterocycles. The highest BCUT2D eigenvalue weighted by molar-refractivity contribution is 5.86. The van der Waals surface area contributed by atoms with E-state index in [2.05, 4.69) is 5.32 Å². The molecule has 0 spiro atoms. The minimum Gasteiger partial charge on any atom is -0.355 e. The van der Waals surface area contributed by atoms with E-state index in [0.29, 0.717) is 13.1 Å². The summed E-state index contributed by atoms with van der Waals surface area (Å²) in [5.41, 5.74) is 6.08. The molecule has 0 saturated heterocycles. The van der Waals surface area contributed by atoms with Crippen molar-refractivity contribution < 1.29 is 9.59 Å². The van der Waals surface area contributed by atoms with Crippen LogP contribution in [-0.4, -0.2) is 42.4 Å². The molecular weight excluding hydrogens is 254 g/mol. The van der Waals surface area contributed by atoms with Gasteiger partial charge in [0.2, 0.25) is 11.8 Å². The summed E-state index contributed by atoms with van der Waals surface area (Å²) in [7, 11) is 0. The van der Waals surface area contributed by atoms with Crippen LogP contribution in [0.5, 0.6) is 0 Å². The minimum absolute atomic E-state index is 0.0469. The Morgan fingerprint density at radius 2 is 1.90 bits per heavy atom. The van der Waals surface area contributed by atoms with E-state index >= 15 is 0 Å². The third-order valence-electron chi connectivity index (χ3n) is 3.85. The van der Waals surface area contributed by atoms with Crippen molar-refractivity contribution in [3.05, 3.63) is 0 Å². The molecule has 0 radical (unpaired) electrons. The molecule has 1 aliphatic carbocycles. The zero-order chi connectivity index (χ0) is 15.0. The zero-order valence-electron chi connectivity index (χ0n) is 12.9. The van der Waals surface area contributed by atoms with E-state index in [-0.39, 0.29) is 30.3 Å². The molecule has 1 aliphatic rings. The second kappa shape index (κ2) is 8.95. The standard InChI is InChI=1S/C15H29N3O2/c1-3-9-17-14(19)11-18(10-4-2)15(20)12-7-5-6-8-13(12)16/h12-13H,3-11,16H2,1-2H3,(H,17,19). The molecular formula is C15H29N3O2. The van der Waals surface area contributed by atoms with Crippen molar-refractivity contribution in [1.82, 2.24) is 10.2 Å². The molecule has 0 aromatic carbocycles. The van der Waals surface area contributed by atoms with Gasteiger partial charge in [0.1, 0.15) is 0 Å². The summed E-state index contributed by atoms with van der Waals surface area (Å²) in [5, 5.41) is 2.83. The zero-order valence-corrected chi connectivity index (χ0v) is 12.9. The number of carbonyl (C=O) groups excluding carboxylic acids is 2. The first-order valence-electron chi connectivity index (χ1n) is 7.91. The fraction of sp³-hybridized carbons (Fsp3) is 0.867. The van der Waals surface area contributed by atoms with Gasteiger partial charge in [0, 0.05) is 19.1 Å². The third kappa shape index (κ3) is 5.12. The molecule has 5 nitrogen and oxygen atoms in total. The Bertz CT molecular complexity index is 320. The molecule has 1 saturated carbocycles. The van der Waals surface area contributed by atoms with Crippen LogP contribution in [0.25, 0.3) is 0 Å². The van der Waals surface area contributed by atoms with Crippen LogP contribution < -0.4 is 11.1 Å². The van der Waals surface area contributed by atoms with E-state index in [1.54, 1.807) is 4.90 Å². The number of amides is 2. The quantitative estimate of drug-likeness (QED) is 0.739. The predicted molar refractivity (Wildman–Crippen MR) is 80.1 cm³/mol. The van der Waals surface area contributed by atoms with Crippen LogP contribution in [0.1, 0.15) is 52.4 Å². The molecule has 2 amide bonds. The summed E-state index contributed by atoms with van der Waals surface area (Å²) < 4.78 is 0. The van der Waals surface area contributed by atoms with Gasteiger partial charge in [0.05, 0.1) is 12.5 Å². The molecule has 0 bridgehead atoms. The predicted octanol–water partition coefficient (Wildman–Crippen LogP) is 1.27. The van der Waals surface area contributed by atoms with E-state index in [1.165, 1.54) is 0 Å². The molecule has 0 heterocycles. The second-order valence-corrected chi connectivity index (χ2v) is 5.66. The topological polar surface area (TPSA) is 75.4 Å². The molecule has 2 unspecified atom stereocenters. The van der Waals surface area contributed by atoms with Crippen LogP contribution in [0.15, 0.2) is 0 Å². The van der Waals surface area contributed by atoms with Crippen molar-refractivity contribution >= 4 is 11.8 Å². The lowest BCUT2D eigenvalue weighted by Gasteiger charge is -2.32. The largest absolute Gasteiger partial charge is 0.355 e. The van der Waals surface area contributed by atoms with Gasteiger partial charge in [-0.15, -0.1) is 0 Å². The molecule has 20 heavy (non-hydrogen) atoms. The van der Waals surface area contributed by atoms with E-state index in [4.69, 9.17) is 5.73 Å². The molecule has 116 valence electrons. The fourth-order valence-corrected chi connectivity index (χ4v) is 2.73. The number of nitrogens with one attached hydrogen (secondary N) is 1. The van der Waals surface area contributed by atoms with Gasteiger partial charge in [-0.3, -0.25) is 9.59 Å². The Labute approximate surface area is 122 Å². The van der Waals surface area contributed by atoms with Crippen LogP contribution in [0.3, 0.4) is 0 Å². The van der Waals surface area contributed by atoms with Crippen molar-refractivity contribution in [3.8, 4) is 0 Å². The minimum atomic E-state index is -0.103. The van der Waals surface area contributed by atoms with E-state index in [0.717, 1.165) is 38.5 Å². The van der Waals surface area contributed by atoms with Crippen LogP contribution in [-0.2, 0) is 9.59 Å². The van der Waals surface area contributed by atoms with E-state index in [9.17, 15) is 9.59 Å². The Hall–Kier alpha value is -1.10. The maximum Gasteiger partial charge on any atom is 0.239 e. The summed E-state index contributed by atoms with van der Waals surface area (Å²) in [6.07, 6.45) is 5.70. The van der Waals surface area contributed by atoms with Crippen molar-refractivity contribution in [2.75, 3.05) is 19.6 Å². The molecule has 3 N–H and O–H groups in total. The molecule has 1 fully saturated rings. The number of hydrogen-bond acceptors (Lipinski definition) is 3. The Balaban J connectivity index is 2.59. The van der Waals surface area contributed by atoms with Gasteiger partial charge in [0.25, 0.3) is 0 Å². The van der Waals surface area contributed by atoms with E-state index in [1.807, 2.05) is 13.8 Å². The molecule has 1 rings (SSSR count). The average Bonchev–Trinajstić information content (AvgIpc) is 2.44. The smallest absolute Gasteiger partial charge is 0.239 e. The van der Waals surface area contributed by atoms with Crippen molar-refractivity contribution in [2.45, 2.75) is 58.4 Å². The first kappa shape index (κ1) is 17.0. The molecule has 0 aliphatic heterocycles. The molecule has 5 heteroatoms. The molecule has 0 aromatic rings. The van der Waals surface area contributed by atoms with Gasteiger partial charge in [-0.25, -0.2) is 0 Å². The van der Waals surface area contributed by atoms with Crippen LogP contribution in [0, 0.1) is 5.92 Å². The van der Waals surface area contributed by atoms with Gasteiger partial charge in [-0.05, 0) is 25.7 Å². The fourth-order valence-electron chi connectivity index (χ4n) is 2.73. The summed E-state index contributed by atoms with van der Waals surface area (Å²) >= 11 is 0. The van der Waals surface area contributed by atoms with E-state index < -0.39 is 0 Å².